The van der Waals surface area contributed by atoms with Gasteiger partial charge in [0, 0.05) is 9.26 Å². The fourth-order valence-electron chi connectivity index (χ4n) is 2.80. The van der Waals surface area contributed by atoms with Crippen molar-refractivity contribution >= 4 is 62.9 Å². The third-order valence-electron chi connectivity index (χ3n) is 4.56. The lowest BCUT2D eigenvalue weighted by Crippen LogP contribution is -2.13. The molecule has 0 saturated carbocycles. The summed E-state index contributed by atoms with van der Waals surface area (Å²) in [5, 5.41) is 12.2. The van der Waals surface area contributed by atoms with Crippen molar-refractivity contribution in [3.63, 3.8) is 0 Å². The van der Waals surface area contributed by atoms with Gasteiger partial charge in [-0.25, -0.2) is 0 Å². The van der Waals surface area contributed by atoms with Crippen LogP contribution in [0.25, 0.3) is 6.08 Å². The molecule has 0 bridgehead atoms. The van der Waals surface area contributed by atoms with Gasteiger partial charge in [-0.15, -0.1) is 0 Å². The van der Waals surface area contributed by atoms with Gasteiger partial charge in [0.15, 0.2) is 0 Å². The van der Waals surface area contributed by atoms with Crippen LogP contribution in [0.3, 0.4) is 0 Å². The Morgan fingerprint density at radius 1 is 1.03 bits per heavy atom. The first-order valence-electron chi connectivity index (χ1n) is 9.67. The molecule has 1 N–H and O–H groups in total. The van der Waals surface area contributed by atoms with E-state index in [1.807, 2.05) is 72.8 Å². The second-order valence-corrected chi connectivity index (χ2v) is 9.19. The minimum atomic E-state index is -0.430. The molecule has 156 valence electrons. The summed E-state index contributed by atoms with van der Waals surface area (Å²) in [6.45, 7) is 2.55. The monoisotopic (exact) mass is 634 g/mol. The number of nitrogens with zero attached hydrogens (tertiary/aromatic N) is 1. The Balaban J connectivity index is 1.68. The summed E-state index contributed by atoms with van der Waals surface area (Å²) in [7, 11) is 0. The van der Waals surface area contributed by atoms with Crippen LogP contribution in [0.4, 0.5) is 5.69 Å². The second-order valence-electron chi connectivity index (χ2n) is 6.78. The highest BCUT2D eigenvalue weighted by Crippen LogP contribution is 2.24. The number of carbonyl (C=O) groups excluding carboxylic acids is 1. The van der Waals surface area contributed by atoms with Gasteiger partial charge in [0.2, 0.25) is 0 Å². The number of halogens is 2. The second kappa shape index (κ2) is 11.3. The number of rotatable bonds is 7. The molecule has 31 heavy (non-hydrogen) atoms. The third kappa shape index (κ3) is 6.80. The van der Waals surface area contributed by atoms with Crippen molar-refractivity contribution in [2.45, 2.75) is 20.0 Å². The van der Waals surface area contributed by atoms with Crippen LogP contribution in [0.1, 0.15) is 23.6 Å². The molecule has 0 radical (unpaired) electrons. The van der Waals surface area contributed by atoms with Crippen LogP contribution < -0.4 is 10.1 Å². The van der Waals surface area contributed by atoms with E-state index < -0.39 is 5.91 Å². The Labute approximate surface area is 209 Å². The zero-order valence-electron chi connectivity index (χ0n) is 16.9. The van der Waals surface area contributed by atoms with Crippen LogP contribution in [0.15, 0.2) is 72.3 Å². The van der Waals surface area contributed by atoms with Crippen molar-refractivity contribution in [3.8, 4) is 11.8 Å². The van der Waals surface area contributed by atoms with Crippen LogP contribution >= 0.6 is 45.2 Å². The average Bonchev–Trinajstić information content (AvgIpc) is 2.78. The van der Waals surface area contributed by atoms with Crippen LogP contribution in [0.5, 0.6) is 5.75 Å². The number of aryl methyl sites for hydroxylation is 1. The maximum atomic E-state index is 12.5. The number of hydrogen-bond donors (Lipinski definition) is 1. The Kier molecular flexibility index (Phi) is 8.49. The van der Waals surface area contributed by atoms with Crippen LogP contribution in [-0.4, -0.2) is 5.91 Å². The standard InChI is InChI=1S/C25H20I2N2O2/c1-2-17-5-10-22(11-6-17)29-25(30)20(15-28)13-19-7-12-24(23(27)14-19)31-16-18-3-8-21(26)9-4-18/h3-14H,2,16H2,1H3,(H,29,30)/b20-13+. The van der Waals surface area contributed by atoms with Gasteiger partial charge in [0.1, 0.15) is 24.0 Å². The number of anilines is 1. The van der Waals surface area contributed by atoms with Gasteiger partial charge in [-0.1, -0.05) is 37.3 Å². The van der Waals surface area contributed by atoms with E-state index in [0.717, 1.165) is 26.9 Å². The first-order valence-corrected chi connectivity index (χ1v) is 11.8. The molecule has 3 aromatic rings. The van der Waals surface area contributed by atoms with Crippen molar-refractivity contribution in [1.29, 1.82) is 5.26 Å². The molecule has 3 rings (SSSR count). The topological polar surface area (TPSA) is 62.1 Å². The summed E-state index contributed by atoms with van der Waals surface area (Å²) in [5.74, 6) is 0.330. The maximum Gasteiger partial charge on any atom is 0.266 e. The van der Waals surface area contributed by atoms with E-state index in [1.165, 1.54) is 9.13 Å². The van der Waals surface area contributed by atoms with E-state index >= 15 is 0 Å². The van der Waals surface area contributed by atoms with Crippen molar-refractivity contribution in [3.05, 3.63) is 96.1 Å². The molecule has 0 heterocycles. The minimum Gasteiger partial charge on any atom is -0.488 e. The van der Waals surface area contributed by atoms with E-state index in [0.29, 0.717) is 12.3 Å². The lowest BCUT2D eigenvalue weighted by Gasteiger charge is -2.09. The number of amides is 1. The summed E-state index contributed by atoms with van der Waals surface area (Å²) in [6.07, 6.45) is 2.52. The number of benzene rings is 3. The lowest BCUT2D eigenvalue weighted by atomic mass is 10.1. The van der Waals surface area contributed by atoms with Gasteiger partial charge in [-0.3, -0.25) is 4.79 Å². The van der Waals surface area contributed by atoms with E-state index in [1.54, 1.807) is 6.08 Å². The highest BCUT2D eigenvalue weighted by atomic mass is 127. The van der Waals surface area contributed by atoms with Gasteiger partial charge < -0.3 is 10.1 Å². The Hall–Kier alpha value is -2.38. The summed E-state index contributed by atoms with van der Waals surface area (Å²) in [6, 6.07) is 23.4. The highest BCUT2D eigenvalue weighted by molar-refractivity contribution is 14.1. The zero-order chi connectivity index (χ0) is 22.2. The molecule has 0 unspecified atom stereocenters. The molecule has 1 amide bonds. The summed E-state index contributed by atoms with van der Waals surface area (Å²) in [4.78, 5) is 12.5. The molecular weight excluding hydrogens is 614 g/mol. The molecule has 0 aliphatic carbocycles. The largest absolute Gasteiger partial charge is 0.488 e. The van der Waals surface area contributed by atoms with Gasteiger partial charge >= 0.3 is 0 Å². The first-order chi connectivity index (χ1) is 15.0. The van der Waals surface area contributed by atoms with Gasteiger partial charge in [-0.2, -0.15) is 5.26 Å². The Morgan fingerprint density at radius 2 is 1.71 bits per heavy atom. The molecule has 0 aliphatic heterocycles. The van der Waals surface area contributed by atoms with Gasteiger partial charge in [-0.05, 0) is 111 Å². The van der Waals surface area contributed by atoms with Crippen LogP contribution in [0, 0.1) is 18.5 Å². The van der Waals surface area contributed by atoms with E-state index in [9.17, 15) is 10.1 Å². The summed E-state index contributed by atoms with van der Waals surface area (Å²) < 4.78 is 8.01. The molecule has 3 aromatic carbocycles. The smallest absolute Gasteiger partial charge is 0.266 e. The average molecular weight is 634 g/mol. The Morgan fingerprint density at radius 3 is 2.32 bits per heavy atom. The van der Waals surface area contributed by atoms with E-state index in [4.69, 9.17) is 4.74 Å². The molecule has 0 spiro atoms. The molecule has 0 aromatic heterocycles. The predicted octanol–water partition coefficient (Wildman–Crippen LogP) is 6.58. The van der Waals surface area contributed by atoms with Gasteiger partial charge in [0.25, 0.3) is 5.91 Å². The summed E-state index contributed by atoms with van der Waals surface area (Å²) in [5.41, 5.74) is 3.75. The fourth-order valence-corrected chi connectivity index (χ4v) is 3.86. The highest BCUT2D eigenvalue weighted by Gasteiger charge is 2.11. The maximum absolute atomic E-state index is 12.5. The minimum absolute atomic E-state index is 0.0444. The molecule has 4 nitrogen and oxygen atoms in total. The SMILES string of the molecule is CCc1ccc(NC(=O)/C(C#N)=C/c2ccc(OCc3ccc(I)cc3)c(I)c2)cc1. The molecular formula is C25H20I2N2O2. The third-order valence-corrected chi connectivity index (χ3v) is 6.12. The van der Waals surface area contributed by atoms with E-state index in [-0.39, 0.29) is 5.57 Å². The van der Waals surface area contributed by atoms with Crippen molar-refractivity contribution in [2.75, 3.05) is 5.32 Å². The normalized spacial score (nSPS) is 11.0. The lowest BCUT2D eigenvalue weighted by molar-refractivity contribution is -0.112. The van der Waals surface area contributed by atoms with Crippen LogP contribution in [-0.2, 0) is 17.8 Å². The van der Waals surface area contributed by atoms with Crippen molar-refractivity contribution in [1.82, 2.24) is 0 Å². The Bertz CT molecular complexity index is 1130. The van der Waals surface area contributed by atoms with Gasteiger partial charge in [0.05, 0.1) is 3.57 Å². The number of nitriles is 1. The van der Waals surface area contributed by atoms with Crippen molar-refractivity contribution < 1.29 is 9.53 Å². The zero-order valence-corrected chi connectivity index (χ0v) is 21.2. The predicted molar refractivity (Wildman–Crippen MR) is 141 cm³/mol. The first kappa shape index (κ1) is 23.3. The number of hydrogen-bond acceptors (Lipinski definition) is 3. The fraction of sp³-hybridized carbons (Fsp3) is 0.120. The number of nitrogens with one attached hydrogen (secondary N) is 1. The quantitative estimate of drug-likeness (QED) is 0.182. The molecule has 0 aliphatic rings. The van der Waals surface area contributed by atoms with Crippen LogP contribution in [0.2, 0.25) is 0 Å². The summed E-state index contributed by atoms with van der Waals surface area (Å²) >= 11 is 4.47. The number of carbonyl (C=O) groups is 1. The molecule has 6 heteroatoms. The van der Waals surface area contributed by atoms with Crippen molar-refractivity contribution in [2.24, 2.45) is 0 Å². The van der Waals surface area contributed by atoms with E-state index in [2.05, 4.69) is 57.4 Å². The number of ether oxygens (including phenoxy) is 1. The molecule has 0 fully saturated rings. The molecule has 0 atom stereocenters. The molecule has 0 saturated heterocycles.